The Morgan fingerprint density at radius 1 is 1.17 bits per heavy atom. The number of rotatable bonds is 2. The van der Waals surface area contributed by atoms with Gasteiger partial charge in [0.15, 0.2) is 0 Å². The summed E-state index contributed by atoms with van der Waals surface area (Å²) in [6.07, 6.45) is 6.90. The smallest absolute Gasteiger partial charge is 0.271 e. The van der Waals surface area contributed by atoms with Gasteiger partial charge < -0.3 is 5.32 Å². The lowest BCUT2D eigenvalue weighted by atomic mass is 10.1. The first-order chi connectivity index (χ1) is 8.66. The van der Waals surface area contributed by atoms with E-state index in [9.17, 15) is 4.79 Å². The van der Waals surface area contributed by atoms with E-state index >= 15 is 0 Å². The molecule has 0 radical (unpaired) electrons. The monoisotopic (exact) mass is 286 g/mol. The molecule has 1 amide bonds. The van der Waals surface area contributed by atoms with Crippen LogP contribution in [-0.2, 0) is 0 Å². The van der Waals surface area contributed by atoms with Crippen LogP contribution >= 0.6 is 23.2 Å². The molecule has 0 unspecified atom stereocenters. The second kappa shape index (κ2) is 6.39. The van der Waals surface area contributed by atoms with Gasteiger partial charge in [0.1, 0.15) is 10.8 Å². The fraction of sp³-hybridized carbons (Fsp3) is 0.538. The number of hydrogen-bond donors (Lipinski definition) is 1. The molecule has 0 bridgehead atoms. The van der Waals surface area contributed by atoms with Gasteiger partial charge in [-0.2, -0.15) is 0 Å². The quantitative estimate of drug-likeness (QED) is 0.663. The molecule has 0 aliphatic heterocycles. The van der Waals surface area contributed by atoms with Crippen LogP contribution < -0.4 is 5.32 Å². The summed E-state index contributed by atoms with van der Waals surface area (Å²) in [5, 5.41) is 3.62. The van der Waals surface area contributed by atoms with Gasteiger partial charge in [-0.3, -0.25) is 4.79 Å². The first-order valence-corrected chi connectivity index (χ1v) is 7.05. The maximum atomic E-state index is 12.1. The molecular weight excluding hydrogens is 271 g/mol. The van der Waals surface area contributed by atoms with E-state index in [0.717, 1.165) is 12.8 Å². The van der Waals surface area contributed by atoms with Gasteiger partial charge in [-0.1, -0.05) is 48.9 Å². The van der Waals surface area contributed by atoms with Gasteiger partial charge in [0.2, 0.25) is 0 Å². The van der Waals surface area contributed by atoms with Crippen molar-refractivity contribution >= 4 is 29.1 Å². The zero-order valence-corrected chi connectivity index (χ0v) is 11.6. The van der Waals surface area contributed by atoms with Gasteiger partial charge in [0.25, 0.3) is 5.91 Å². The third-order valence-corrected chi connectivity index (χ3v) is 3.73. The van der Waals surface area contributed by atoms with Gasteiger partial charge in [-0.15, -0.1) is 0 Å². The maximum Gasteiger partial charge on any atom is 0.271 e. The number of carbonyl (C=O) groups is 1. The Morgan fingerprint density at radius 3 is 2.50 bits per heavy atom. The van der Waals surface area contributed by atoms with Crippen molar-refractivity contribution in [2.24, 2.45) is 0 Å². The Morgan fingerprint density at radius 2 is 1.83 bits per heavy atom. The van der Waals surface area contributed by atoms with Gasteiger partial charge in [0, 0.05) is 6.04 Å². The molecular formula is C13H16Cl2N2O. The molecule has 0 aromatic carbocycles. The predicted octanol–water partition coefficient (Wildman–Crippen LogP) is 3.84. The Bertz CT molecular complexity index is 429. The van der Waals surface area contributed by atoms with E-state index in [1.807, 2.05) is 0 Å². The number of halogens is 2. The highest BCUT2D eigenvalue weighted by Crippen LogP contribution is 2.20. The molecule has 1 fully saturated rings. The fourth-order valence-corrected chi connectivity index (χ4v) is 2.59. The van der Waals surface area contributed by atoms with E-state index in [-0.39, 0.29) is 22.8 Å². The number of nitrogens with zero attached hydrogens (tertiary/aromatic N) is 1. The molecule has 1 N–H and O–H groups in total. The highest BCUT2D eigenvalue weighted by Gasteiger charge is 2.18. The number of nitrogens with one attached hydrogen (secondary N) is 1. The summed E-state index contributed by atoms with van der Waals surface area (Å²) >= 11 is 11.7. The summed E-state index contributed by atoms with van der Waals surface area (Å²) in [7, 11) is 0. The van der Waals surface area contributed by atoms with Crippen molar-refractivity contribution < 1.29 is 4.79 Å². The van der Waals surface area contributed by atoms with Gasteiger partial charge in [-0.05, 0) is 25.0 Å². The van der Waals surface area contributed by atoms with E-state index in [2.05, 4.69) is 10.3 Å². The number of aromatic nitrogens is 1. The molecule has 0 spiro atoms. The highest BCUT2D eigenvalue weighted by molar-refractivity contribution is 6.34. The van der Waals surface area contributed by atoms with Crippen molar-refractivity contribution in [3.63, 3.8) is 0 Å². The molecule has 1 heterocycles. The van der Waals surface area contributed by atoms with Gasteiger partial charge in [0.05, 0.1) is 5.02 Å². The molecule has 5 heteroatoms. The van der Waals surface area contributed by atoms with Crippen LogP contribution in [0.15, 0.2) is 12.1 Å². The summed E-state index contributed by atoms with van der Waals surface area (Å²) in [5.74, 6) is -0.227. The van der Waals surface area contributed by atoms with Crippen LogP contribution in [0, 0.1) is 0 Å². The molecule has 0 saturated heterocycles. The minimum absolute atomic E-state index is 0.216. The fourth-order valence-electron chi connectivity index (χ4n) is 2.26. The van der Waals surface area contributed by atoms with Crippen molar-refractivity contribution in [3.8, 4) is 0 Å². The highest BCUT2D eigenvalue weighted by atomic mass is 35.5. The molecule has 0 atom stereocenters. The first kappa shape index (κ1) is 13.6. The standard InChI is InChI=1S/C13H16Cl2N2O/c14-10-7-8-11(15)17-12(10)13(18)16-9-5-3-1-2-4-6-9/h7-9H,1-6H2,(H,16,18). The lowest BCUT2D eigenvalue weighted by Crippen LogP contribution is -2.35. The van der Waals surface area contributed by atoms with Crippen molar-refractivity contribution in [3.05, 3.63) is 28.0 Å². The summed E-state index contributed by atoms with van der Waals surface area (Å²) in [6, 6.07) is 3.41. The SMILES string of the molecule is O=C(NC1CCCCCC1)c1nc(Cl)ccc1Cl. The average Bonchev–Trinajstić information content (AvgIpc) is 2.61. The third kappa shape index (κ3) is 3.59. The van der Waals surface area contributed by atoms with E-state index in [4.69, 9.17) is 23.2 Å². The number of carbonyl (C=O) groups excluding carboxylic acids is 1. The van der Waals surface area contributed by atoms with Crippen LogP contribution in [0.3, 0.4) is 0 Å². The zero-order chi connectivity index (χ0) is 13.0. The van der Waals surface area contributed by atoms with Crippen molar-refractivity contribution in [2.75, 3.05) is 0 Å². The largest absolute Gasteiger partial charge is 0.348 e. The minimum atomic E-state index is -0.227. The van der Waals surface area contributed by atoms with Crippen LogP contribution in [0.1, 0.15) is 49.0 Å². The average molecular weight is 287 g/mol. The van der Waals surface area contributed by atoms with Crippen molar-refractivity contribution in [1.29, 1.82) is 0 Å². The topological polar surface area (TPSA) is 42.0 Å². The Kier molecular flexibility index (Phi) is 4.84. The molecule has 2 rings (SSSR count). The lowest BCUT2D eigenvalue weighted by molar-refractivity contribution is 0.0928. The first-order valence-electron chi connectivity index (χ1n) is 6.30. The number of hydrogen-bond acceptors (Lipinski definition) is 2. The number of pyridine rings is 1. The van der Waals surface area contributed by atoms with Crippen molar-refractivity contribution in [1.82, 2.24) is 10.3 Å². The van der Waals surface area contributed by atoms with E-state index < -0.39 is 0 Å². The van der Waals surface area contributed by atoms with Crippen LogP contribution in [0.4, 0.5) is 0 Å². The van der Waals surface area contributed by atoms with Crippen LogP contribution in [0.2, 0.25) is 10.2 Å². The molecule has 98 valence electrons. The Hall–Kier alpha value is -0.800. The van der Waals surface area contributed by atoms with Crippen LogP contribution in [0.25, 0.3) is 0 Å². The molecule has 1 aliphatic rings. The normalized spacial score (nSPS) is 17.2. The predicted molar refractivity (Wildman–Crippen MR) is 73.2 cm³/mol. The Labute approximate surface area is 117 Å². The lowest BCUT2D eigenvalue weighted by Gasteiger charge is -2.16. The third-order valence-electron chi connectivity index (χ3n) is 3.22. The summed E-state index contributed by atoms with van der Waals surface area (Å²) in [6.45, 7) is 0. The number of amides is 1. The molecule has 1 aromatic heterocycles. The molecule has 1 saturated carbocycles. The zero-order valence-electron chi connectivity index (χ0n) is 10.1. The summed E-state index contributed by atoms with van der Waals surface area (Å²) in [5.41, 5.74) is 0.216. The second-order valence-electron chi connectivity index (χ2n) is 4.63. The molecule has 1 aromatic rings. The molecule has 18 heavy (non-hydrogen) atoms. The van der Waals surface area contributed by atoms with Gasteiger partial charge in [-0.25, -0.2) is 4.98 Å². The maximum absolute atomic E-state index is 12.1. The second-order valence-corrected chi connectivity index (χ2v) is 5.42. The molecule has 1 aliphatic carbocycles. The van der Waals surface area contributed by atoms with E-state index in [1.54, 1.807) is 12.1 Å². The van der Waals surface area contributed by atoms with E-state index in [1.165, 1.54) is 25.7 Å². The van der Waals surface area contributed by atoms with Crippen LogP contribution in [-0.4, -0.2) is 16.9 Å². The minimum Gasteiger partial charge on any atom is -0.348 e. The van der Waals surface area contributed by atoms with Crippen LogP contribution in [0.5, 0.6) is 0 Å². The molecule has 3 nitrogen and oxygen atoms in total. The summed E-state index contributed by atoms with van der Waals surface area (Å²) < 4.78 is 0. The van der Waals surface area contributed by atoms with Gasteiger partial charge >= 0.3 is 0 Å². The van der Waals surface area contributed by atoms with Crippen molar-refractivity contribution in [2.45, 2.75) is 44.6 Å². The Balaban J connectivity index is 2.04. The summed E-state index contributed by atoms with van der Waals surface area (Å²) in [4.78, 5) is 16.1. The van der Waals surface area contributed by atoms with E-state index in [0.29, 0.717) is 5.02 Å².